The van der Waals surface area contributed by atoms with Gasteiger partial charge >= 0.3 is 0 Å². The summed E-state index contributed by atoms with van der Waals surface area (Å²) in [5.41, 5.74) is 2.05. The van der Waals surface area contributed by atoms with Crippen LogP contribution in [0.15, 0.2) is 58.9 Å². The van der Waals surface area contributed by atoms with E-state index < -0.39 is 22.2 Å². The Balaban J connectivity index is 1.50. The fourth-order valence-corrected chi connectivity index (χ4v) is 5.28. The van der Waals surface area contributed by atoms with E-state index in [0.717, 1.165) is 10.6 Å². The summed E-state index contributed by atoms with van der Waals surface area (Å²) in [5.74, 6) is 1.79. The minimum atomic E-state index is -3.92. The van der Waals surface area contributed by atoms with Crippen LogP contribution in [0.5, 0.6) is 5.75 Å². The van der Waals surface area contributed by atoms with E-state index in [1.165, 1.54) is 34.7 Å². The van der Waals surface area contributed by atoms with Crippen LogP contribution in [0, 0.1) is 18.2 Å². The molecule has 176 valence electrons. The standard InChI is InChI=1S/C23H19ClFN3O4S2/c1-2-9-32-34(29,30)15-28-14-26-20-8-10-33-22(20)23(28)27-18-6-7-21(19(24)12-18)31-13-16-4-3-5-17(25)11-16/h1,3-8,10-12,14,23,27H,9,13,15H2. The van der Waals surface area contributed by atoms with E-state index in [2.05, 4.69) is 16.2 Å². The lowest BCUT2D eigenvalue weighted by atomic mass is 10.2. The van der Waals surface area contributed by atoms with Crippen molar-refractivity contribution < 1.29 is 21.7 Å². The number of aliphatic imine (C=N–C) groups is 1. The molecular weight excluding hydrogens is 501 g/mol. The number of rotatable bonds is 9. The molecule has 4 rings (SSSR count). The molecule has 11 heteroatoms. The van der Waals surface area contributed by atoms with Gasteiger partial charge in [-0.1, -0.05) is 29.7 Å². The van der Waals surface area contributed by atoms with Crippen LogP contribution < -0.4 is 10.1 Å². The minimum absolute atomic E-state index is 0.158. The van der Waals surface area contributed by atoms with Crippen molar-refractivity contribution in [1.82, 2.24) is 4.90 Å². The molecule has 7 nitrogen and oxygen atoms in total. The van der Waals surface area contributed by atoms with Crippen molar-refractivity contribution in [3.05, 3.63) is 75.2 Å². The number of nitrogens with one attached hydrogen (secondary N) is 1. The molecule has 34 heavy (non-hydrogen) atoms. The maximum Gasteiger partial charge on any atom is 0.286 e. The van der Waals surface area contributed by atoms with Crippen molar-refractivity contribution in [2.45, 2.75) is 12.8 Å². The van der Waals surface area contributed by atoms with Crippen LogP contribution in [0.3, 0.4) is 0 Å². The van der Waals surface area contributed by atoms with E-state index in [9.17, 15) is 12.8 Å². The summed E-state index contributed by atoms with van der Waals surface area (Å²) in [6, 6.07) is 13.1. The molecule has 0 radical (unpaired) electrons. The lowest BCUT2D eigenvalue weighted by Crippen LogP contribution is -2.38. The van der Waals surface area contributed by atoms with E-state index in [1.54, 1.807) is 30.3 Å². The number of hydrogen-bond donors (Lipinski definition) is 1. The monoisotopic (exact) mass is 519 g/mol. The summed E-state index contributed by atoms with van der Waals surface area (Å²) in [6.07, 6.45) is 6.02. The Kier molecular flexibility index (Phi) is 7.38. The highest BCUT2D eigenvalue weighted by Gasteiger charge is 2.30. The average Bonchev–Trinajstić information content (AvgIpc) is 3.28. The number of fused-ring (bicyclic) bond motifs is 1. The average molecular weight is 520 g/mol. The van der Waals surface area contributed by atoms with Gasteiger partial charge in [0.25, 0.3) is 10.1 Å². The highest BCUT2D eigenvalue weighted by atomic mass is 35.5. The van der Waals surface area contributed by atoms with Gasteiger partial charge < -0.3 is 15.0 Å². The number of thiophene rings is 1. The van der Waals surface area contributed by atoms with Crippen molar-refractivity contribution >= 4 is 50.8 Å². The fourth-order valence-electron chi connectivity index (χ4n) is 3.23. The number of hydrogen-bond acceptors (Lipinski definition) is 8. The third kappa shape index (κ3) is 5.87. The molecule has 0 bridgehead atoms. The van der Waals surface area contributed by atoms with Crippen molar-refractivity contribution in [2.24, 2.45) is 4.99 Å². The highest BCUT2D eigenvalue weighted by Crippen LogP contribution is 2.39. The number of ether oxygens (including phenoxy) is 1. The second kappa shape index (κ2) is 10.4. The summed E-state index contributed by atoms with van der Waals surface area (Å²) in [5, 5.41) is 5.51. The third-order valence-electron chi connectivity index (χ3n) is 4.75. The van der Waals surface area contributed by atoms with E-state index in [1.807, 2.05) is 11.4 Å². The van der Waals surface area contributed by atoms with Crippen molar-refractivity contribution in [1.29, 1.82) is 0 Å². The second-order valence-electron chi connectivity index (χ2n) is 7.19. The van der Waals surface area contributed by atoms with Crippen LogP contribution in [-0.2, 0) is 20.9 Å². The first-order chi connectivity index (χ1) is 16.3. The normalized spacial score (nSPS) is 15.0. The van der Waals surface area contributed by atoms with Gasteiger partial charge in [-0.2, -0.15) is 8.42 Å². The molecule has 1 N–H and O–H groups in total. The van der Waals surface area contributed by atoms with E-state index in [-0.39, 0.29) is 19.0 Å². The zero-order valence-electron chi connectivity index (χ0n) is 17.6. The zero-order chi connectivity index (χ0) is 24.1. The van der Waals surface area contributed by atoms with Crippen molar-refractivity contribution in [2.75, 3.05) is 17.8 Å². The molecule has 0 aliphatic carbocycles. The molecule has 2 aromatic carbocycles. The van der Waals surface area contributed by atoms with Gasteiger partial charge in [0.1, 0.15) is 36.8 Å². The molecule has 0 saturated heterocycles. The Hall–Kier alpha value is -3.10. The van der Waals surface area contributed by atoms with Gasteiger partial charge in [0.2, 0.25) is 0 Å². The first-order valence-corrected chi connectivity index (χ1v) is 12.8. The third-order valence-corrected chi connectivity index (χ3v) is 7.09. The van der Waals surface area contributed by atoms with Crippen LogP contribution in [0.4, 0.5) is 15.8 Å². The van der Waals surface area contributed by atoms with Crippen molar-refractivity contribution in [3.8, 4) is 18.1 Å². The molecule has 0 fully saturated rings. The Morgan fingerprint density at radius 1 is 1.26 bits per heavy atom. The molecular formula is C23H19ClFN3O4S2. The van der Waals surface area contributed by atoms with Crippen LogP contribution >= 0.6 is 22.9 Å². The van der Waals surface area contributed by atoms with E-state index in [0.29, 0.717) is 22.0 Å². The van der Waals surface area contributed by atoms with Crippen LogP contribution in [0.1, 0.15) is 16.6 Å². The first kappa shape index (κ1) is 24.0. The Labute approximate surface area is 205 Å². The predicted octanol–water partition coefficient (Wildman–Crippen LogP) is 5.14. The predicted molar refractivity (Wildman–Crippen MR) is 131 cm³/mol. The number of benzene rings is 2. The molecule has 1 unspecified atom stereocenters. The zero-order valence-corrected chi connectivity index (χ0v) is 20.0. The molecule has 1 aromatic heterocycles. The van der Waals surface area contributed by atoms with Gasteiger partial charge in [0.05, 0.1) is 21.9 Å². The number of halogens is 2. The number of nitrogens with zero attached hydrogens (tertiary/aromatic N) is 2. The highest BCUT2D eigenvalue weighted by molar-refractivity contribution is 7.86. The number of terminal acetylenes is 1. The Bertz CT molecular complexity index is 1350. The second-order valence-corrected chi connectivity index (χ2v) is 10.2. The van der Waals surface area contributed by atoms with Gasteiger partial charge in [0, 0.05) is 5.69 Å². The summed E-state index contributed by atoms with van der Waals surface area (Å²) in [7, 11) is -3.92. The molecule has 0 saturated carbocycles. The molecule has 3 aromatic rings. The Morgan fingerprint density at radius 3 is 2.88 bits per heavy atom. The molecule has 1 aliphatic rings. The molecule has 0 amide bonds. The topological polar surface area (TPSA) is 80.2 Å². The summed E-state index contributed by atoms with van der Waals surface area (Å²) >= 11 is 7.85. The van der Waals surface area contributed by atoms with E-state index in [4.69, 9.17) is 26.9 Å². The van der Waals surface area contributed by atoms with Crippen LogP contribution in [0.25, 0.3) is 0 Å². The van der Waals surface area contributed by atoms with Crippen molar-refractivity contribution in [3.63, 3.8) is 0 Å². The van der Waals surface area contributed by atoms with Gasteiger partial charge in [-0.15, -0.1) is 17.8 Å². The molecule has 0 spiro atoms. The SMILES string of the molecule is C#CCOS(=O)(=O)CN1C=Nc2ccsc2C1Nc1ccc(OCc2cccc(F)c2)c(Cl)c1. The van der Waals surface area contributed by atoms with Crippen LogP contribution in [0.2, 0.25) is 5.02 Å². The lowest BCUT2D eigenvalue weighted by Gasteiger charge is -2.33. The van der Waals surface area contributed by atoms with Crippen LogP contribution in [-0.4, -0.2) is 32.1 Å². The number of anilines is 1. The Morgan fingerprint density at radius 2 is 2.12 bits per heavy atom. The minimum Gasteiger partial charge on any atom is -0.487 e. The quantitative estimate of drug-likeness (QED) is 0.311. The van der Waals surface area contributed by atoms with Gasteiger partial charge in [-0.25, -0.2) is 9.38 Å². The maximum absolute atomic E-state index is 13.4. The molecule has 1 aliphatic heterocycles. The summed E-state index contributed by atoms with van der Waals surface area (Å²) in [6.45, 7) is -0.187. The fraction of sp³-hybridized carbons (Fsp3) is 0.174. The van der Waals surface area contributed by atoms with Gasteiger partial charge in [0.15, 0.2) is 0 Å². The van der Waals surface area contributed by atoms with E-state index >= 15 is 0 Å². The smallest absolute Gasteiger partial charge is 0.286 e. The maximum atomic E-state index is 13.4. The molecule has 2 heterocycles. The lowest BCUT2D eigenvalue weighted by molar-refractivity contribution is 0.306. The first-order valence-electron chi connectivity index (χ1n) is 9.96. The summed E-state index contributed by atoms with van der Waals surface area (Å²) < 4.78 is 48.5. The summed E-state index contributed by atoms with van der Waals surface area (Å²) in [4.78, 5) is 6.66. The van der Waals surface area contributed by atoms with Gasteiger partial charge in [-0.3, -0.25) is 4.18 Å². The van der Waals surface area contributed by atoms with Gasteiger partial charge in [-0.05, 0) is 47.3 Å². The molecule has 1 atom stereocenters. The largest absolute Gasteiger partial charge is 0.487 e.